The van der Waals surface area contributed by atoms with Crippen LogP contribution in [0.1, 0.15) is 11.1 Å². The Morgan fingerprint density at radius 2 is 1.94 bits per heavy atom. The van der Waals surface area contributed by atoms with Crippen molar-refractivity contribution in [3.8, 4) is 0 Å². The lowest BCUT2D eigenvalue weighted by Crippen LogP contribution is -2.29. The van der Waals surface area contributed by atoms with Crippen LogP contribution in [0.5, 0.6) is 0 Å². The Hall–Kier alpha value is -1.13. The quantitative estimate of drug-likeness (QED) is 0.797. The van der Waals surface area contributed by atoms with E-state index in [2.05, 4.69) is 48.9 Å². The maximum absolute atomic E-state index is 5.55. The number of hydrogen-bond donors (Lipinski definition) is 1. The van der Waals surface area contributed by atoms with Gasteiger partial charge in [-0.05, 0) is 45.1 Å². The van der Waals surface area contributed by atoms with Crippen molar-refractivity contribution in [3.63, 3.8) is 0 Å². The molecule has 2 N–H and O–H groups in total. The molecule has 0 amide bonds. The van der Waals surface area contributed by atoms with E-state index in [1.54, 1.807) is 0 Å². The van der Waals surface area contributed by atoms with Crippen LogP contribution in [0.4, 0.5) is 5.82 Å². The normalized spacial score (nSPS) is 10.9. The topological polar surface area (TPSA) is 45.4 Å². The third kappa shape index (κ3) is 4.32. The Morgan fingerprint density at radius 3 is 2.47 bits per heavy atom. The molecule has 1 aromatic rings. The van der Waals surface area contributed by atoms with Gasteiger partial charge in [0.1, 0.15) is 5.82 Å². The van der Waals surface area contributed by atoms with Gasteiger partial charge in [-0.25, -0.2) is 4.98 Å². The number of rotatable bonds is 6. The van der Waals surface area contributed by atoms with Gasteiger partial charge in [-0.2, -0.15) is 0 Å². The Bertz CT molecular complexity index is 349. The molecule has 0 atom stereocenters. The van der Waals surface area contributed by atoms with Crippen molar-refractivity contribution >= 4 is 5.82 Å². The fourth-order valence-electron chi connectivity index (χ4n) is 1.78. The number of aryl methyl sites for hydroxylation is 1. The van der Waals surface area contributed by atoms with E-state index in [1.165, 1.54) is 11.1 Å². The lowest BCUT2D eigenvalue weighted by atomic mass is 10.1. The minimum atomic E-state index is 0.678. The molecule has 0 saturated carbocycles. The summed E-state index contributed by atoms with van der Waals surface area (Å²) in [6.07, 6.45) is 2.83. The standard InChI is InChI=1S/C13H24N4/c1-11-9-12(5-6-14)10-15-13(11)17(4)8-7-16(2)3/h9-10H,5-8,14H2,1-4H3. The third-order valence-corrected chi connectivity index (χ3v) is 2.78. The summed E-state index contributed by atoms with van der Waals surface area (Å²) in [7, 11) is 6.25. The van der Waals surface area contributed by atoms with Gasteiger partial charge in [0.2, 0.25) is 0 Å². The van der Waals surface area contributed by atoms with Crippen LogP contribution < -0.4 is 10.6 Å². The highest BCUT2D eigenvalue weighted by atomic mass is 15.2. The lowest BCUT2D eigenvalue weighted by molar-refractivity contribution is 0.416. The monoisotopic (exact) mass is 236 g/mol. The number of nitrogens with two attached hydrogens (primary N) is 1. The van der Waals surface area contributed by atoms with Gasteiger partial charge in [0.15, 0.2) is 0 Å². The van der Waals surface area contributed by atoms with Crippen molar-refractivity contribution in [1.29, 1.82) is 0 Å². The first-order chi connectivity index (χ1) is 8.04. The van der Waals surface area contributed by atoms with Gasteiger partial charge in [0.25, 0.3) is 0 Å². The maximum Gasteiger partial charge on any atom is 0.131 e. The first kappa shape index (κ1) is 13.9. The second-order valence-corrected chi connectivity index (χ2v) is 4.75. The summed E-state index contributed by atoms with van der Waals surface area (Å²) >= 11 is 0. The second-order valence-electron chi connectivity index (χ2n) is 4.75. The average molecular weight is 236 g/mol. The first-order valence-electron chi connectivity index (χ1n) is 6.06. The molecule has 0 spiro atoms. The van der Waals surface area contributed by atoms with E-state index in [0.717, 1.165) is 25.3 Å². The van der Waals surface area contributed by atoms with Gasteiger partial charge >= 0.3 is 0 Å². The molecule has 0 aromatic carbocycles. The minimum Gasteiger partial charge on any atom is -0.358 e. The molecule has 1 aromatic heterocycles. The summed E-state index contributed by atoms with van der Waals surface area (Å²) in [5.41, 5.74) is 7.98. The van der Waals surface area contributed by atoms with Gasteiger partial charge in [0.05, 0.1) is 0 Å². The van der Waals surface area contributed by atoms with Gasteiger partial charge in [-0.3, -0.25) is 0 Å². The van der Waals surface area contributed by atoms with E-state index >= 15 is 0 Å². The summed E-state index contributed by atoms with van der Waals surface area (Å²) in [6.45, 7) is 4.80. The van der Waals surface area contributed by atoms with Crippen LogP contribution in [-0.4, -0.2) is 50.7 Å². The molecule has 96 valence electrons. The van der Waals surface area contributed by atoms with E-state index in [1.807, 2.05) is 6.20 Å². The van der Waals surface area contributed by atoms with Crippen LogP contribution in [0.3, 0.4) is 0 Å². The van der Waals surface area contributed by atoms with Crippen LogP contribution in [0.15, 0.2) is 12.3 Å². The zero-order valence-electron chi connectivity index (χ0n) is 11.4. The smallest absolute Gasteiger partial charge is 0.131 e. The Balaban J connectivity index is 2.70. The number of hydrogen-bond acceptors (Lipinski definition) is 4. The van der Waals surface area contributed by atoms with E-state index in [9.17, 15) is 0 Å². The van der Waals surface area contributed by atoms with Crippen molar-refractivity contribution in [2.45, 2.75) is 13.3 Å². The first-order valence-corrected chi connectivity index (χ1v) is 6.06. The van der Waals surface area contributed by atoms with E-state index in [-0.39, 0.29) is 0 Å². The third-order valence-electron chi connectivity index (χ3n) is 2.78. The predicted octanol–water partition coefficient (Wildman–Crippen LogP) is 0.889. The molecule has 0 aliphatic carbocycles. The average Bonchev–Trinajstić information content (AvgIpc) is 2.26. The predicted molar refractivity (Wildman–Crippen MR) is 73.6 cm³/mol. The number of aromatic nitrogens is 1. The molecular formula is C13H24N4. The Kier molecular flexibility index (Phi) is 5.38. The summed E-state index contributed by atoms with van der Waals surface area (Å²) in [6, 6.07) is 2.18. The summed E-state index contributed by atoms with van der Waals surface area (Å²) in [5.74, 6) is 1.06. The number of anilines is 1. The number of likely N-dealkylation sites (N-methyl/N-ethyl adjacent to an activating group) is 2. The van der Waals surface area contributed by atoms with Crippen molar-refractivity contribution in [3.05, 3.63) is 23.4 Å². The Morgan fingerprint density at radius 1 is 1.24 bits per heavy atom. The maximum atomic E-state index is 5.55. The number of nitrogens with zero attached hydrogens (tertiary/aromatic N) is 3. The molecule has 0 fully saturated rings. The molecule has 0 aliphatic rings. The molecular weight excluding hydrogens is 212 g/mol. The molecule has 4 heteroatoms. The summed E-state index contributed by atoms with van der Waals surface area (Å²) in [4.78, 5) is 8.90. The molecule has 0 saturated heterocycles. The lowest BCUT2D eigenvalue weighted by Gasteiger charge is -2.22. The summed E-state index contributed by atoms with van der Waals surface area (Å²) < 4.78 is 0. The van der Waals surface area contributed by atoms with E-state index in [4.69, 9.17) is 5.73 Å². The van der Waals surface area contributed by atoms with Crippen molar-refractivity contribution in [1.82, 2.24) is 9.88 Å². The van der Waals surface area contributed by atoms with Crippen LogP contribution >= 0.6 is 0 Å². The SMILES string of the molecule is Cc1cc(CCN)cnc1N(C)CCN(C)C. The van der Waals surface area contributed by atoms with Crippen LogP contribution in [-0.2, 0) is 6.42 Å². The van der Waals surface area contributed by atoms with Gasteiger partial charge in [-0.15, -0.1) is 0 Å². The minimum absolute atomic E-state index is 0.678. The molecule has 4 nitrogen and oxygen atoms in total. The van der Waals surface area contributed by atoms with Crippen LogP contribution in [0.2, 0.25) is 0 Å². The molecule has 0 aliphatic heterocycles. The highest BCUT2D eigenvalue weighted by molar-refractivity contribution is 5.46. The Labute approximate surface area is 104 Å². The highest BCUT2D eigenvalue weighted by Gasteiger charge is 2.07. The van der Waals surface area contributed by atoms with Crippen molar-refractivity contribution in [2.24, 2.45) is 5.73 Å². The molecule has 0 bridgehead atoms. The van der Waals surface area contributed by atoms with Crippen LogP contribution in [0, 0.1) is 6.92 Å². The van der Waals surface area contributed by atoms with E-state index < -0.39 is 0 Å². The van der Waals surface area contributed by atoms with Gasteiger partial charge in [0, 0.05) is 26.3 Å². The molecule has 17 heavy (non-hydrogen) atoms. The fourth-order valence-corrected chi connectivity index (χ4v) is 1.78. The molecule has 1 heterocycles. The highest BCUT2D eigenvalue weighted by Crippen LogP contribution is 2.16. The fraction of sp³-hybridized carbons (Fsp3) is 0.615. The molecule has 1 rings (SSSR count). The van der Waals surface area contributed by atoms with Gasteiger partial charge < -0.3 is 15.5 Å². The molecule has 0 unspecified atom stereocenters. The van der Waals surface area contributed by atoms with Crippen molar-refractivity contribution < 1.29 is 0 Å². The second kappa shape index (κ2) is 6.57. The largest absolute Gasteiger partial charge is 0.358 e. The zero-order chi connectivity index (χ0) is 12.8. The number of pyridine rings is 1. The van der Waals surface area contributed by atoms with Crippen LogP contribution in [0.25, 0.3) is 0 Å². The molecule has 0 radical (unpaired) electrons. The zero-order valence-corrected chi connectivity index (χ0v) is 11.4. The van der Waals surface area contributed by atoms with E-state index in [0.29, 0.717) is 6.54 Å². The summed E-state index contributed by atoms with van der Waals surface area (Å²) in [5, 5.41) is 0. The van der Waals surface area contributed by atoms with Gasteiger partial charge in [-0.1, -0.05) is 6.07 Å². The van der Waals surface area contributed by atoms with Crippen molar-refractivity contribution in [2.75, 3.05) is 45.7 Å².